The Labute approximate surface area is 133 Å². The van der Waals surface area contributed by atoms with Gasteiger partial charge < -0.3 is 15.2 Å². The van der Waals surface area contributed by atoms with Crippen LogP contribution in [-0.4, -0.2) is 24.7 Å². The van der Waals surface area contributed by atoms with Crippen LogP contribution in [0.1, 0.15) is 27.2 Å². The lowest BCUT2D eigenvalue weighted by atomic mass is 9.92. The highest BCUT2D eigenvalue weighted by atomic mass is 16.5. The average Bonchev–Trinajstić information content (AvgIpc) is 2.59. The van der Waals surface area contributed by atoms with Gasteiger partial charge in [-0.1, -0.05) is 12.1 Å². The number of benzene rings is 1. The van der Waals surface area contributed by atoms with E-state index in [-0.39, 0.29) is 5.82 Å². The van der Waals surface area contributed by atoms with Crippen molar-refractivity contribution in [1.82, 2.24) is 4.98 Å². The minimum Gasteiger partial charge on any atom is -0.465 e. The molecule has 116 valence electrons. The summed E-state index contributed by atoms with van der Waals surface area (Å²) in [5.74, 6) is -0.232. The van der Waals surface area contributed by atoms with E-state index in [1.807, 2.05) is 6.07 Å². The molecular formula is C17H15N3O3. The molecule has 1 aliphatic rings. The standard InChI is InChI=1S/C17H15N3O3/c1-22-17(21)11-4-2-3-10(7-11)15-12(8-18)16(19)20-14-5-6-23-9-13(14)15/h2-4,7H,5-6,9H2,1H3,(H2,19,20). The maximum Gasteiger partial charge on any atom is 0.337 e. The van der Waals surface area contributed by atoms with Crippen LogP contribution in [0.3, 0.4) is 0 Å². The van der Waals surface area contributed by atoms with Crippen LogP contribution >= 0.6 is 0 Å². The fraction of sp³-hybridized carbons (Fsp3) is 0.235. The Morgan fingerprint density at radius 3 is 3.04 bits per heavy atom. The molecule has 0 saturated carbocycles. The first-order valence-corrected chi connectivity index (χ1v) is 7.13. The second-order valence-corrected chi connectivity index (χ2v) is 5.16. The number of pyridine rings is 1. The van der Waals surface area contributed by atoms with Gasteiger partial charge in [-0.2, -0.15) is 5.26 Å². The smallest absolute Gasteiger partial charge is 0.337 e. The quantitative estimate of drug-likeness (QED) is 0.853. The molecule has 0 fully saturated rings. The zero-order valence-corrected chi connectivity index (χ0v) is 12.6. The number of carbonyl (C=O) groups is 1. The van der Waals surface area contributed by atoms with E-state index < -0.39 is 5.97 Å². The molecule has 1 aliphatic heterocycles. The summed E-state index contributed by atoms with van der Waals surface area (Å²) in [6.45, 7) is 0.946. The SMILES string of the molecule is COC(=O)c1cccc(-c2c(C#N)c(N)nc3c2COCC3)c1. The first-order valence-electron chi connectivity index (χ1n) is 7.13. The van der Waals surface area contributed by atoms with E-state index in [9.17, 15) is 10.1 Å². The number of nitrogens with two attached hydrogens (primary N) is 1. The highest BCUT2D eigenvalue weighted by Gasteiger charge is 2.23. The molecule has 6 heteroatoms. The summed E-state index contributed by atoms with van der Waals surface area (Å²) in [5.41, 5.74) is 9.76. The number of nitriles is 1. The Kier molecular flexibility index (Phi) is 3.96. The first-order chi connectivity index (χ1) is 11.2. The number of anilines is 1. The van der Waals surface area contributed by atoms with E-state index in [0.29, 0.717) is 36.3 Å². The third-order valence-electron chi connectivity index (χ3n) is 3.83. The lowest BCUT2D eigenvalue weighted by molar-refractivity contribution is 0.0601. The second-order valence-electron chi connectivity index (χ2n) is 5.16. The molecule has 0 aliphatic carbocycles. The molecule has 0 bridgehead atoms. The zero-order chi connectivity index (χ0) is 16.4. The predicted octanol–water partition coefficient (Wildman–Crippen LogP) is 2.06. The minimum absolute atomic E-state index is 0.201. The topological polar surface area (TPSA) is 98.2 Å². The average molecular weight is 309 g/mol. The summed E-state index contributed by atoms with van der Waals surface area (Å²) >= 11 is 0. The summed E-state index contributed by atoms with van der Waals surface area (Å²) in [5, 5.41) is 9.48. The van der Waals surface area contributed by atoms with Crippen LogP contribution in [0.15, 0.2) is 24.3 Å². The van der Waals surface area contributed by atoms with Crippen LogP contribution in [0.5, 0.6) is 0 Å². The maximum atomic E-state index is 11.8. The Hall–Kier alpha value is -2.91. The van der Waals surface area contributed by atoms with E-state index in [0.717, 1.165) is 16.8 Å². The van der Waals surface area contributed by atoms with E-state index >= 15 is 0 Å². The van der Waals surface area contributed by atoms with E-state index in [1.165, 1.54) is 7.11 Å². The van der Waals surface area contributed by atoms with Crippen LogP contribution in [0.4, 0.5) is 5.82 Å². The molecule has 2 aromatic rings. The summed E-state index contributed by atoms with van der Waals surface area (Å²) in [4.78, 5) is 16.1. The van der Waals surface area contributed by atoms with Crippen LogP contribution in [0, 0.1) is 11.3 Å². The molecule has 2 N–H and O–H groups in total. The van der Waals surface area contributed by atoms with Crippen molar-refractivity contribution in [2.45, 2.75) is 13.0 Å². The van der Waals surface area contributed by atoms with Gasteiger partial charge in [-0.05, 0) is 17.7 Å². The van der Waals surface area contributed by atoms with E-state index in [4.69, 9.17) is 15.2 Å². The van der Waals surface area contributed by atoms with Gasteiger partial charge in [0.25, 0.3) is 0 Å². The molecule has 3 rings (SSSR count). The van der Waals surface area contributed by atoms with Crippen molar-refractivity contribution in [3.8, 4) is 17.2 Å². The number of carbonyl (C=O) groups excluding carboxylic acids is 1. The van der Waals surface area contributed by atoms with E-state index in [1.54, 1.807) is 18.2 Å². The number of methoxy groups -OCH3 is 1. The number of fused-ring (bicyclic) bond motifs is 1. The third kappa shape index (κ3) is 2.62. The Balaban J connectivity index is 2.25. The molecule has 6 nitrogen and oxygen atoms in total. The molecule has 0 radical (unpaired) electrons. The third-order valence-corrected chi connectivity index (χ3v) is 3.83. The molecule has 0 unspecified atom stereocenters. The highest BCUT2D eigenvalue weighted by Crippen LogP contribution is 2.34. The maximum absolute atomic E-state index is 11.8. The molecule has 1 aromatic carbocycles. The molecule has 0 amide bonds. The van der Waals surface area contributed by atoms with Crippen molar-refractivity contribution < 1.29 is 14.3 Å². The van der Waals surface area contributed by atoms with Crippen LogP contribution < -0.4 is 5.73 Å². The van der Waals surface area contributed by atoms with Crippen LogP contribution in [0.2, 0.25) is 0 Å². The van der Waals surface area contributed by atoms with Gasteiger partial charge >= 0.3 is 5.97 Å². The van der Waals surface area contributed by atoms with Gasteiger partial charge in [0.2, 0.25) is 0 Å². The van der Waals surface area contributed by atoms with Crippen LogP contribution in [0.25, 0.3) is 11.1 Å². The molecule has 0 atom stereocenters. The molecule has 0 spiro atoms. The Bertz CT molecular complexity index is 825. The monoisotopic (exact) mass is 309 g/mol. The lowest BCUT2D eigenvalue weighted by Crippen LogP contribution is -2.16. The van der Waals surface area contributed by atoms with Crippen molar-refractivity contribution in [2.75, 3.05) is 19.5 Å². The Morgan fingerprint density at radius 2 is 2.30 bits per heavy atom. The van der Waals surface area contributed by atoms with Gasteiger partial charge in [0.1, 0.15) is 17.5 Å². The summed E-state index contributed by atoms with van der Waals surface area (Å²) < 4.78 is 10.3. The van der Waals surface area contributed by atoms with Crippen molar-refractivity contribution in [3.63, 3.8) is 0 Å². The number of hydrogen-bond acceptors (Lipinski definition) is 6. The second kappa shape index (κ2) is 6.07. The highest BCUT2D eigenvalue weighted by molar-refractivity contribution is 5.92. The normalized spacial score (nSPS) is 13.0. The van der Waals surface area contributed by atoms with Crippen molar-refractivity contribution in [1.29, 1.82) is 5.26 Å². The summed E-state index contributed by atoms with van der Waals surface area (Å²) in [6.07, 6.45) is 0.648. The van der Waals surface area contributed by atoms with Gasteiger partial charge in [0, 0.05) is 17.5 Å². The van der Waals surface area contributed by atoms with Crippen molar-refractivity contribution in [2.24, 2.45) is 0 Å². The molecule has 1 aromatic heterocycles. The fourth-order valence-electron chi connectivity index (χ4n) is 2.75. The van der Waals surface area contributed by atoms with Gasteiger partial charge in [-0.25, -0.2) is 9.78 Å². The Morgan fingerprint density at radius 1 is 1.48 bits per heavy atom. The van der Waals surface area contributed by atoms with E-state index in [2.05, 4.69) is 11.1 Å². The van der Waals surface area contributed by atoms with Crippen molar-refractivity contribution in [3.05, 3.63) is 46.6 Å². The van der Waals surface area contributed by atoms with Gasteiger partial charge in [-0.15, -0.1) is 0 Å². The number of esters is 1. The number of aromatic nitrogens is 1. The zero-order valence-electron chi connectivity index (χ0n) is 12.6. The number of nitrogen functional groups attached to an aromatic ring is 1. The molecular weight excluding hydrogens is 294 g/mol. The van der Waals surface area contributed by atoms with Gasteiger partial charge in [0.05, 0.1) is 31.6 Å². The first kappa shape index (κ1) is 15.0. The number of ether oxygens (including phenoxy) is 2. The lowest BCUT2D eigenvalue weighted by Gasteiger charge is -2.21. The fourth-order valence-corrected chi connectivity index (χ4v) is 2.75. The molecule has 0 saturated heterocycles. The van der Waals surface area contributed by atoms with Crippen molar-refractivity contribution >= 4 is 11.8 Å². The minimum atomic E-state index is -0.433. The van der Waals surface area contributed by atoms with Gasteiger partial charge in [-0.3, -0.25) is 0 Å². The summed E-state index contributed by atoms with van der Waals surface area (Å²) in [7, 11) is 1.33. The number of nitrogens with zero attached hydrogens (tertiary/aromatic N) is 2. The molecule has 2 heterocycles. The van der Waals surface area contributed by atoms with Crippen LogP contribution in [-0.2, 0) is 22.5 Å². The predicted molar refractivity (Wildman–Crippen MR) is 83.5 cm³/mol. The largest absolute Gasteiger partial charge is 0.465 e. The summed E-state index contributed by atoms with van der Waals surface area (Å²) in [6, 6.07) is 9.04. The number of rotatable bonds is 2. The molecule has 23 heavy (non-hydrogen) atoms. The van der Waals surface area contributed by atoms with Gasteiger partial charge in [0.15, 0.2) is 0 Å². The number of hydrogen-bond donors (Lipinski definition) is 1.